The van der Waals surface area contributed by atoms with Crippen molar-refractivity contribution >= 4 is 16.9 Å². The molecule has 1 aliphatic rings. The standard InChI is InChI=1S/C19H22FN5O/c20-14-7-8-15-16(13-14)23-19(22-15)17-5-1-2-12-25(17)18(26)6-3-10-24-11-4-9-21-24/h4,7-9,11,13,17H,1-3,5-6,10,12H2,(H,22,23). The minimum Gasteiger partial charge on any atom is -0.340 e. The molecule has 3 heterocycles. The van der Waals surface area contributed by atoms with Crippen LogP contribution in [0.2, 0.25) is 0 Å². The summed E-state index contributed by atoms with van der Waals surface area (Å²) in [5, 5.41) is 4.17. The van der Waals surface area contributed by atoms with Gasteiger partial charge in [0.15, 0.2) is 0 Å². The van der Waals surface area contributed by atoms with Gasteiger partial charge < -0.3 is 9.88 Å². The number of aromatic nitrogens is 4. The molecule has 1 N–H and O–H groups in total. The zero-order chi connectivity index (χ0) is 17.9. The number of aryl methyl sites for hydroxylation is 1. The Hall–Kier alpha value is -2.70. The zero-order valence-corrected chi connectivity index (χ0v) is 14.6. The van der Waals surface area contributed by atoms with Gasteiger partial charge in [-0.15, -0.1) is 0 Å². The topological polar surface area (TPSA) is 66.8 Å². The Morgan fingerprint density at radius 1 is 1.35 bits per heavy atom. The number of H-pyrrole nitrogens is 1. The van der Waals surface area contributed by atoms with E-state index in [1.165, 1.54) is 12.1 Å². The van der Waals surface area contributed by atoms with E-state index < -0.39 is 0 Å². The molecule has 0 bridgehead atoms. The molecule has 1 saturated heterocycles. The van der Waals surface area contributed by atoms with E-state index >= 15 is 0 Å². The second kappa shape index (κ2) is 7.27. The summed E-state index contributed by atoms with van der Waals surface area (Å²) >= 11 is 0. The molecule has 0 spiro atoms. The van der Waals surface area contributed by atoms with Gasteiger partial charge in [-0.05, 0) is 49.9 Å². The van der Waals surface area contributed by atoms with Crippen molar-refractivity contribution in [1.82, 2.24) is 24.6 Å². The number of aromatic amines is 1. The molecule has 1 unspecified atom stereocenters. The number of carbonyl (C=O) groups excluding carboxylic acids is 1. The maximum atomic E-state index is 13.4. The minimum atomic E-state index is -0.289. The molecule has 26 heavy (non-hydrogen) atoms. The fourth-order valence-corrected chi connectivity index (χ4v) is 3.64. The second-order valence-corrected chi connectivity index (χ2v) is 6.75. The highest BCUT2D eigenvalue weighted by atomic mass is 19.1. The number of fused-ring (bicyclic) bond motifs is 1. The highest BCUT2D eigenvalue weighted by Gasteiger charge is 2.29. The van der Waals surface area contributed by atoms with E-state index in [4.69, 9.17) is 0 Å². The summed E-state index contributed by atoms with van der Waals surface area (Å²) in [6, 6.07) is 6.35. The molecular formula is C19H22FN5O. The van der Waals surface area contributed by atoms with E-state index in [2.05, 4.69) is 15.1 Å². The summed E-state index contributed by atoms with van der Waals surface area (Å²) < 4.78 is 15.3. The monoisotopic (exact) mass is 355 g/mol. The van der Waals surface area contributed by atoms with Crippen LogP contribution in [0.5, 0.6) is 0 Å². The number of benzene rings is 1. The number of hydrogen-bond donors (Lipinski definition) is 1. The van der Waals surface area contributed by atoms with Crippen molar-refractivity contribution in [1.29, 1.82) is 0 Å². The van der Waals surface area contributed by atoms with Crippen LogP contribution in [0.4, 0.5) is 4.39 Å². The van der Waals surface area contributed by atoms with Crippen molar-refractivity contribution < 1.29 is 9.18 Å². The molecule has 0 radical (unpaired) electrons. The predicted molar refractivity (Wildman–Crippen MR) is 95.8 cm³/mol. The van der Waals surface area contributed by atoms with Crippen LogP contribution in [-0.4, -0.2) is 37.1 Å². The molecule has 1 amide bonds. The molecule has 3 aromatic rings. The first-order chi connectivity index (χ1) is 12.7. The Morgan fingerprint density at radius 3 is 3.12 bits per heavy atom. The molecule has 2 aromatic heterocycles. The molecule has 6 nitrogen and oxygen atoms in total. The third kappa shape index (κ3) is 3.47. The van der Waals surface area contributed by atoms with Crippen LogP contribution in [-0.2, 0) is 11.3 Å². The van der Waals surface area contributed by atoms with Crippen molar-refractivity contribution in [3.05, 3.63) is 48.3 Å². The minimum absolute atomic E-state index is 0.0589. The molecule has 136 valence electrons. The van der Waals surface area contributed by atoms with Crippen molar-refractivity contribution in [2.24, 2.45) is 0 Å². The lowest BCUT2D eigenvalue weighted by Crippen LogP contribution is -2.39. The summed E-state index contributed by atoms with van der Waals surface area (Å²) in [6.07, 6.45) is 7.85. The number of rotatable bonds is 5. The molecule has 0 saturated carbocycles. The number of hydrogen-bond acceptors (Lipinski definition) is 3. The van der Waals surface area contributed by atoms with E-state index in [0.29, 0.717) is 11.9 Å². The molecule has 1 aromatic carbocycles. The van der Waals surface area contributed by atoms with Gasteiger partial charge in [0.25, 0.3) is 0 Å². The summed E-state index contributed by atoms with van der Waals surface area (Å²) in [4.78, 5) is 22.5. The van der Waals surface area contributed by atoms with Gasteiger partial charge >= 0.3 is 0 Å². The first kappa shape index (κ1) is 16.8. The Labute approximate surface area is 151 Å². The fourth-order valence-electron chi connectivity index (χ4n) is 3.64. The van der Waals surface area contributed by atoms with E-state index in [1.807, 2.05) is 21.8 Å². The van der Waals surface area contributed by atoms with Crippen molar-refractivity contribution in [2.45, 2.75) is 44.7 Å². The van der Waals surface area contributed by atoms with Gasteiger partial charge in [0.1, 0.15) is 11.6 Å². The van der Waals surface area contributed by atoms with Crippen LogP contribution in [0.25, 0.3) is 11.0 Å². The van der Waals surface area contributed by atoms with Crippen molar-refractivity contribution in [3.8, 4) is 0 Å². The molecular weight excluding hydrogens is 333 g/mol. The SMILES string of the molecule is O=C(CCCn1cccn1)N1CCCCC1c1nc2ccc(F)cc2[nH]1. The Kier molecular flexibility index (Phi) is 4.69. The number of piperidine rings is 1. The molecule has 1 fully saturated rings. The highest BCUT2D eigenvalue weighted by molar-refractivity contribution is 5.78. The van der Waals surface area contributed by atoms with E-state index in [1.54, 1.807) is 12.3 Å². The summed E-state index contributed by atoms with van der Waals surface area (Å²) in [6.45, 7) is 1.48. The number of likely N-dealkylation sites (tertiary alicyclic amines) is 1. The molecule has 4 rings (SSSR count). The summed E-state index contributed by atoms with van der Waals surface area (Å²) in [5.74, 6) is 0.613. The van der Waals surface area contributed by atoms with Gasteiger partial charge in [0.05, 0.1) is 17.1 Å². The Balaban J connectivity index is 1.47. The Morgan fingerprint density at radius 2 is 2.27 bits per heavy atom. The van der Waals surface area contributed by atoms with Crippen LogP contribution >= 0.6 is 0 Å². The number of halogens is 1. The first-order valence-electron chi connectivity index (χ1n) is 9.13. The molecule has 7 heteroatoms. The molecule has 1 aliphatic heterocycles. The number of carbonyl (C=O) groups is 1. The molecule has 1 atom stereocenters. The van der Waals surface area contributed by atoms with Gasteiger partial charge in [0.2, 0.25) is 5.91 Å². The van der Waals surface area contributed by atoms with Gasteiger partial charge in [-0.25, -0.2) is 9.37 Å². The summed E-state index contributed by atoms with van der Waals surface area (Å²) in [5.41, 5.74) is 1.41. The summed E-state index contributed by atoms with van der Waals surface area (Å²) in [7, 11) is 0. The normalized spacial score (nSPS) is 17.7. The third-order valence-electron chi connectivity index (χ3n) is 4.94. The van der Waals surface area contributed by atoms with Crippen molar-refractivity contribution in [2.75, 3.05) is 6.54 Å². The van der Waals surface area contributed by atoms with E-state index in [0.717, 1.165) is 50.1 Å². The third-order valence-corrected chi connectivity index (χ3v) is 4.94. The van der Waals surface area contributed by atoms with Crippen LogP contribution in [0, 0.1) is 5.82 Å². The number of nitrogens with zero attached hydrogens (tertiary/aromatic N) is 4. The molecule has 0 aliphatic carbocycles. The Bertz CT molecular complexity index is 889. The fraction of sp³-hybridized carbons (Fsp3) is 0.421. The van der Waals surface area contributed by atoms with Crippen LogP contribution in [0.1, 0.15) is 44.0 Å². The average Bonchev–Trinajstić information content (AvgIpc) is 3.30. The predicted octanol–water partition coefficient (Wildman–Crippen LogP) is 3.43. The number of imidazole rings is 1. The van der Waals surface area contributed by atoms with Gasteiger partial charge in [-0.3, -0.25) is 9.48 Å². The maximum absolute atomic E-state index is 13.4. The first-order valence-corrected chi connectivity index (χ1v) is 9.13. The van der Waals surface area contributed by atoms with Crippen LogP contribution in [0.3, 0.4) is 0 Å². The quantitative estimate of drug-likeness (QED) is 0.762. The highest BCUT2D eigenvalue weighted by Crippen LogP contribution is 2.31. The largest absolute Gasteiger partial charge is 0.340 e. The van der Waals surface area contributed by atoms with Crippen LogP contribution < -0.4 is 0 Å². The van der Waals surface area contributed by atoms with Crippen LogP contribution in [0.15, 0.2) is 36.7 Å². The number of nitrogens with one attached hydrogen (secondary N) is 1. The smallest absolute Gasteiger partial charge is 0.223 e. The van der Waals surface area contributed by atoms with E-state index in [-0.39, 0.29) is 17.8 Å². The second-order valence-electron chi connectivity index (χ2n) is 6.75. The van der Waals surface area contributed by atoms with Gasteiger partial charge in [0, 0.05) is 31.9 Å². The zero-order valence-electron chi connectivity index (χ0n) is 14.6. The van der Waals surface area contributed by atoms with Crippen molar-refractivity contribution in [3.63, 3.8) is 0 Å². The lowest BCUT2D eigenvalue weighted by atomic mass is 10.0. The lowest BCUT2D eigenvalue weighted by molar-refractivity contribution is -0.135. The maximum Gasteiger partial charge on any atom is 0.223 e. The van der Waals surface area contributed by atoms with Gasteiger partial charge in [-0.2, -0.15) is 5.10 Å². The average molecular weight is 355 g/mol. The lowest BCUT2D eigenvalue weighted by Gasteiger charge is -2.34. The number of amides is 1. The van der Waals surface area contributed by atoms with Gasteiger partial charge in [-0.1, -0.05) is 0 Å². The van der Waals surface area contributed by atoms with E-state index in [9.17, 15) is 9.18 Å².